The number of carboxylic acids is 2. The predicted molar refractivity (Wildman–Crippen MR) is 319 cm³/mol. The molecule has 15 amide bonds. The minimum Gasteiger partial charge on any atom is -0.481 e. The minimum absolute atomic E-state index is 0.133. The lowest BCUT2D eigenvalue weighted by atomic mass is 10.0. The number of unbranched alkanes of at least 4 members (excludes halogenated alkanes) is 1. The topological polar surface area (TPSA) is 606 Å². The van der Waals surface area contributed by atoms with Crippen LogP contribution in [0.15, 0.2) is 0 Å². The molecule has 0 aromatic rings. The highest BCUT2D eigenvalue weighted by molar-refractivity contribution is 7.98. The number of rotatable bonds is 44. The molecule has 23 N–H and O–H groups in total. The van der Waals surface area contributed by atoms with Crippen molar-refractivity contribution in [3.63, 3.8) is 0 Å². The molecule has 89 heavy (non-hydrogen) atoms. The molecule has 0 heterocycles. The lowest BCUT2D eigenvalue weighted by Gasteiger charge is -2.28. The van der Waals surface area contributed by atoms with E-state index in [2.05, 4.69) is 94.4 Å². The molecule has 12 atom stereocenters. The second-order valence-electron chi connectivity index (χ2n) is 19.6. The fourth-order valence-electron chi connectivity index (χ4n) is 7.30. The second kappa shape index (κ2) is 42.7. The number of nitrogens with one attached hydrogen (secondary N) is 13. The van der Waals surface area contributed by atoms with Crippen molar-refractivity contribution in [2.24, 2.45) is 17.2 Å². The van der Waals surface area contributed by atoms with Crippen LogP contribution in [0, 0.1) is 0 Å². The Bertz CT molecular complexity index is 2540. The Morgan fingerprint density at radius 3 is 1.37 bits per heavy atom. The quantitative estimate of drug-likeness (QED) is 0.0199. The van der Waals surface area contributed by atoms with Gasteiger partial charge in [-0.25, -0.2) is 0 Å². The molecule has 0 bridgehead atoms. The molecule has 37 nitrogen and oxygen atoms in total. The summed E-state index contributed by atoms with van der Waals surface area (Å²) < 4.78 is 0. The molecule has 0 spiro atoms. The summed E-state index contributed by atoms with van der Waals surface area (Å²) in [7, 11) is 0. The number of aliphatic hydroxyl groups excluding tert-OH is 2. The Hall–Kier alpha value is -8.08. The van der Waals surface area contributed by atoms with Crippen molar-refractivity contribution in [3.05, 3.63) is 0 Å². The fourth-order valence-corrected chi connectivity index (χ4v) is 8.28. The van der Waals surface area contributed by atoms with Crippen LogP contribution >= 0.6 is 37.0 Å². The van der Waals surface area contributed by atoms with Gasteiger partial charge in [0.05, 0.1) is 38.6 Å². The SMILES string of the molecule is CSCC[C@H](NC(=O)CNC(=O)[C@H](CCC(=O)O)NC(=O)[C@H](CO)NC(=O)[C@@H](NC(=O)[C@H](CCCCN)NC(=O)[C@H](CC(N)=O)NC(=O)[C@H](CS)NC(C)=O)[C@@H](C)O)C(=O)N[C@@H](CC(=O)O)C(=O)NCC(=O)N[C@@H](CS)C(=O)N[C@@H](C)C(=O)N[C@@H](C)C(N)=O. The molecule has 0 aromatic carbocycles. The zero-order valence-electron chi connectivity index (χ0n) is 49.3. The smallest absolute Gasteiger partial charge is 0.305 e. The van der Waals surface area contributed by atoms with E-state index < -0.39 is 218 Å². The number of amides is 15. The van der Waals surface area contributed by atoms with Crippen molar-refractivity contribution in [2.45, 2.75) is 152 Å². The monoisotopic (exact) mass is 1330 g/mol. The predicted octanol–water partition coefficient (Wildman–Crippen LogP) is -10.6. The van der Waals surface area contributed by atoms with Gasteiger partial charge in [-0.15, -0.1) is 0 Å². The first kappa shape index (κ1) is 80.9. The number of hydrogen-bond donors (Lipinski definition) is 22. The Balaban J connectivity index is 6.21. The third-order valence-corrected chi connectivity index (χ3v) is 13.5. The first-order chi connectivity index (χ1) is 41.7. The van der Waals surface area contributed by atoms with E-state index in [1.165, 1.54) is 25.6 Å². The van der Waals surface area contributed by atoms with E-state index in [9.17, 15) is 102 Å². The molecule has 502 valence electrons. The van der Waals surface area contributed by atoms with Crippen LogP contribution in [0.25, 0.3) is 0 Å². The molecular weight excluding hydrogens is 1240 g/mol. The second-order valence-corrected chi connectivity index (χ2v) is 21.4. The molecule has 0 unspecified atom stereocenters. The molecule has 40 heteroatoms. The average Bonchev–Trinajstić information content (AvgIpc) is 3.13. The molecule has 0 saturated heterocycles. The molecule has 0 radical (unpaired) electrons. The van der Waals surface area contributed by atoms with Crippen LogP contribution in [-0.2, 0) is 81.5 Å². The molecule has 0 aliphatic rings. The number of aliphatic carboxylic acids is 2. The highest BCUT2D eigenvalue weighted by atomic mass is 32.2. The summed E-state index contributed by atoms with van der Waals surface area (Å²) in [5.74, 6) is -19.2. The number of thiol groups is 2. The van der Waals surface area contributed by atoms with Gasteiger partial charge in [0.1, 0.15) is 66.5 Å². The number of hydrogen-bond acceptors (Lipinski definition) is 23. The van der Waals surface area contributed by atoms with Crippen LogP contribution in [0.3, 0.4) is 0 Å². The minimum atomic E-state index is -2.00. The lowest BCUT2D eigenvalue weighted by molar-refractivity contribution is -0.141. The largest absolute Gasteiger partial charge is 0.481 e. The summed E-state index contributed by atoms with van der Waals surface area (Å²) >= 11 is 9.21. The van der Waals surface area contributed by atoms with Crippen LogP contribution in [0.4, 0.5) is 0 Å². The van der Waals surface area contributed by atoms with Crippen LogP contribution in [0.5, 0.6) is 0 Å². The van der Waals surface area contributed by atoms with E-state index in [-0.39, 0.29) is 43.1 Å². The van der Waals surface area contributed by atoms with Crippen molar-refractivity contribution in [2.75, 3.05) is 49.8 Å². The van der Waals surface area contributed by atoms with Crippen molar-refractivity contribution >= 4 is 138 Å². The average molecular weight is 1330 g/mol. The number of aliphatic hydroxyl groups is 2. The van der Waals surface area contributed by atoms with E-state index in [1.54, 1.807) is 6.26 Å². The number of carbonyl (C=O) groups excluding carboxylic acids is 15. The van der Waals surface area contributed by atoms with Gasteiger partial charge in [0.2, 0.25) is 88.6 Å². The fraction of sp³-hybridized carbons (Fsp3) is 0.653. The zero-order chi connectivity index (χ0) is 68.2. The Kier molecular flexibility index (Phi) is 38.9. The Morgan fingerprint density at radius 2 is 0.899 bits per heavy atom. The molecule has 0 saturated carbocycles. The lowest BCUT2D eigenvalue weighted by Crippen LogP contribution is -2.62. The van der Waals surface area contributed by atoms with Crippen LogP contribution < -0.4 is 86.3 Å². The number of carboxylic acid groups (broad SMARTS) is 2. The van der Waals surface area contributed by atoms with E-state index in [1.807, 2.05) is 0 Å². The summed E-state index contributed by atoms with van der Waals surface area (Å²) in [6, 6.07) is -17.4. The summed E-state index contributed by atoms with van der Waals surface area (Å²) in [6.45, 7) is 1.78. The standard InChI is InChI=1S/C49H82N16O21S3/c1-21(39(52)76)55-40(77)22(2)56-47(84)32(20-88)59-35(71)17-54-42(79)29(15-37(74)75)63-43(80)27(11-13-89-5)58-34(70)16-53-41(78)26(9-10-36(72)73)61-46(83)30(18-66)64-49(86)38(23(3)67)65-44(81)25(8-6-7-12-50)60-45(82)28(14-33(51)69)62-48(85)31(19-87)57-24(4)68/h21-23,25-32,38,66-67,87-88H,6-20,50H2,1-5H3,(H2,51,69)(H2,52,76)(H,53,78)(H,54,79)(H,55,77)(H,56,84)(H,57,68)(H,58,70)(H,59,71)(H,60,82)(H,61,83)(H,62,85)(H,63,80)(H,64,86)(H,65,81)(H,72,73)(H,74,75)/t21-,22-,23+,25-,26-,27-,28-,29-,30-,31-,32-,38-/m0/s1. The number of carbonyl (C=O) groups is 17. The number of nitrogens with two attached hydrogens (primary N) is 3. The van der Waals surface area contributed by atoms with Gasteiger partial charge in [0.15, 0.2) is 0 Å². The van der Waals surface area contributed by atoms with Gasteiger partial charge in [0, 0.05) is 24.9 Å². The normalized spacial score (nSPS) is 14.9. The van der Waals surface area contributed by atoms with E-state index in [4.69, 9.17) is 17.2 Å². The number of primary amides is 2. The van der Waals surface area contributed by atoms with Gasteiger partial charge < -0.3 is 107 Å². The van der Waals surface area contributed by atoms with Crippen LogP contribution in [-0.4, -0.2) is 243 Å². The van der Waals surface area contributed by atoms with Gasteiger partial charge in [0.25, 0.3) is 0 Å². The van der Waals surface area contributed by atoms with Gasteiger partial charge in [-0.2, -0.15) is 37.0 Å². The molecule has 0 aliphatic heterocycles. The first-order valence-corrected chi connectivity index (χ1v) is 29.9. The third kappa shape index (κ3) is 32.6. The van der Waals surface area contributed by atoms with Gasteiger partial charge in [-0.3, -0.25) is 81.5 Å². The Morgan fingerprint density at radius 1 is 0.472 bits per heavy atom. The molecular formula is C49H82N16O21S3. The third-order valence-electron chi connectivity index (χ3n) is 12.1. The van der Waals surface area contributed by atoms with Crippen molar-refractivity contribution in [1.82, 2.24) is 69.1 Å². The van der Waals surface area contributed by atoms with Gasteiger partial charge in [-0.1, -0.05) is 0 Å². The van der Waals surface area contributed by atoms with Crippen molar-refractivity contribution < 1.29 is 102 Å². The van der Waals surface area contributed by atoms with Crippen molar-refractivity contribution in [1.29, 1.82) is 0 Å². The highest BCUT2D eigenvalue weighted by Gasteiger charge is 2.36. The maximum Gasteiger partial charge on any atom is 0.305 e. The van der Waals surface area contributed by atoms with Crippen LogP contribution in [0.1, 0.15) is 79.1 Å². The Labute approximate surface area is 525 Å². The maximum atomic E-state index is 13.7. The molecule has 0 rings (SSSR count). The maximum absolute atomic E-state index is 13.7. The van der Waals surface area contributed by atoms with E-state index >= 15 is 0 Å². The van der Waals surface area contributed by atoms with E-state index in [0.717, 1.165) is 13.8 Å². The van der Waals surface area contributed by atoms with Crippen molar-refractivity contribution in [3.8, 4) is 0 Å². The summed E-state index contributed by atoms with van der Waals surface area (Å²) in [4.78, 5) is 217. The molecule has 0 aromatic heterocycles. The molecule has 0 aliphatic carbocycles. The van der Waals surface area contributed by atoms with Gasteiger partial charge >= 0.3 is 11.9 Å². The summed E-state index contributed by atoms with van der Waals surface area (Å²) in [5, 5.41) is 68.7. The van der Waals surface area contributed by atoms with E-state index in [0.29, 0.717) is 6.42 Å². The summed E-state index contributed by atoms with van der Waals surface area (Å²) in [5.41, 5.74) is 16.0. The summed E-state index contributed by atoms with van der Waals surface area (Å²) in [6.07, 6.45) is -3.30. The van der Waals surface area contributed by atoms with Gasteiger partial charge in [-0.05, 0) is 71.4 Å². The zero-order valence-corrected chi connectivity index (χ0v) is 51.9. The molecule has 0 fully saturated rings. The first-order valence-electron chi connectivity index (χ1n) is 27.2. The number of thioether (sulfide) groups is 1. The van der Waals surface area contributed by atoms with Crippen LogP contribution in [0.2, 0.25) is 0 Å². The highest BCUT2D eigenvalue weighted by Crippen LogP contribution is 2.08.